The van der Waals surface area contributed by atoms with Crippen LogP contribution in [0.3, 0.4) is 0 Å². The Hall–Kier alpha value is -3.47. The second kappa shape index (κ2) is 8.11. The molecule has 0 bridgehead atoms. The molecule has 5 heteroatoms. The summed E-state index contributed by atoms with van der Waals surface area (Å²) >= 11 is 0. The van der Waals surface area contributed by atoms with E-state index in [0.717, 1.165) is 25.2 Å². The van der Waals surface area contributed by atoms with Gasteiger partial charge in [-0.15, -0.1) is 5.10 Å². The molecule has 0 amide bonds. The highest BCUT2D eigenvalue weighted by Gasteiger charge is 2.31. The first-order valence-corrected chi connectivity index (χ1v) is 10.5. The van der Waals surface area contributed by atoms with Gasteiger partial charge in [0.1, 0.15) is 6.04 Å². The number of aryl methyl sites for hydroxylation is 2. The largest absolute Gasteiger partial charge is 0.357 e. The lowest BCUT2D eigenvalue weighted by Gasteiger charge is -2.37. The number of rotatable bonds is 5. The molecule has 5 nitrogen and oxygen atoms in total. The zero-order valence-electron chi connectivity index (χ0n) is 17.1. The fourth-order valence-electron chi connectivity index (χ4n) is 4.32. The standard InChI is InChI=1S/C25H25N5/c1-19-13-15-22(16-14-19)24(29-17-7-11-21-10-5-6-12-23(21)29)25-26-27-28-30(25)18-20-8-3-2-4-9-20/h2-6,8-10,12-16,24H,7,11,17-18H2,1H3/t24-/m1/s1. The second-order valence-electron chi connectivity index (χ2n) is 7.92. The number of aromatic nitrogens is 4. The Morgan fingerprint density at radius 1 is 0.900 bits per heavy atom. The van der Waals surface area contributed by atoms with Crippen LogP contribution < -0.4 is 4.90 Å². The van der Waals surface area contributed by atoms with E-state index in [2.05, 4.69) is 100 Å². The van der Waals surface area contributed by atoms with Crippen molar-refractivity contribution in [1.29, 1.82) is 0 Å². The molecule has 3 aromatic carbocycles. The molecule has 5 rings (SSSR count). The first kappa shape index (κ1) is 18.6. The van der Waals surface area contributed by atoms with Gasteiger partial charge in [-0.1, -0.05) is 78.4 Å². The SMILES string of the molecule is Cc1ccc([C@H](c2nnnn2Cc2ccccc2)N2CCCc3ccccc32)cc1. The minimum atomic E-state index is -0.0363. The van der Waals surface area contributed by atoms with Crippen molar-refractivity contribution in [3.05, 3.63) is 107 Å². The lowest BCUT2D eigenvalue weighted by Crippen LogP contribution is -2.36. The van der Waals surface area contributed by atoms with Crippen molar-refractivity contribution >= 4 is 5.69 Å². The third kappa shape index (κ3) is 3.59. The van der Waals surface area contributed by atoms with Crippen LogP contribution >= 0.6 is 0 Å². The third-order valence-electron chi connectivity index (χ3n) is 5.83. The van der Waals surface area contributed by atoms with E-state index in [4.69, 9.17) is 0 Å². The maximum atomic E-state index is 4.52. The lowest BCUT2D eigenvalue weighted by atomic mass is 9.96. The minimum Gasteiger partial charge on any atom is -0.357 e. The zero-order valence-corrected chi connectivity index (χ0v) is 17.1. The summed E-state index contributed by atoms with van der Waals surface area (Å²) in [4.78, 5) is 2.47. The van der Waals surface area contributed by atoms with Crippen LogP contribution in [0.5, 0.6) is 0 Å². The van der Waals surface area contributed by atoms with Crippen molar-refractivity contribution < 1.29 is 0 Å². The molecule has 0 spiro atoms. The average molecular weight is 396 g/mol. The molecule has 2 heterocycles. The molecule has 1 aliphatic heterocycles. The van der Waals surface area contributed by atoms with Crippen LogP contribution in [-0.2, 0) is 13.0 Å². The van der Waals surface area contributed by atoms with Gasteiger partial charge in [0, 0.05) is 12.2 Å². The highest BCUT2D eigenvalue weighted by molar-refractivity contribution is 5.58. The van der Waals surface area contributed by atoms with Crippen LogP contribution in [0, 0.1) is 6.92 Å². The van der Waals surface area contributed by atoms with Crippen molar-refractivity contribution in [2.75, 3.05) is 11.4 Å². The molecule has 4 aromatic rings. The Kier molecular flexibility index (Phi) is 5.01. The topological polar surface area (TPSA) is 46.8 Å². The van der Waals surface area contributed by atoms with E-state index in [9.17, 15) is 0 Å². The molecule has 0 N–H and O–H groups in total. The van der Waals surface area contributed by atoms with Gasteiger partial charge in [0.25, 0.3) is 0 Å². The van der Waals surface area contributed by atoms with Gasteiger partial charge in [-0.2, -0.15) is 0 Å². The van der Waals surface area contributed by atoms with Crippen LogP contribution in [-0.4, -0.2) is 26.8 Å². The maximum absolute atomic E-state index is 4.52. The molecule has 150 valence electrons. The van der Waals surface area contributed by atoms with Crippen LogP contribution in [0.4, 0.5) is 5.69 Å². The number of para-hydroxylation sites is 1. The summed E-state index contributed by atoms with van der Waals surface area (Å²) in [6, 6.07) is 27.8. The van der Waals surface area contributed by atoms with Crippen LogP contribution in [0.1, 0.15) is 40.5 Å². The predicted molar refractivity (Wildman–Crippen MR) is 118 cm³/mol. The first-order chi connectivity index (χ1) is 14.8. The summed E-state index contributed by atoms with van der Waals surface area (Å²) in [5.74, 6) is 0.874. The van der Waals surface area contributed by atoms with Gasteiger partial charge in [-0.25, -0.2) is 4.68 Å². The van der Waals surface area contributed by atoms with E-state index >= 15 is 0 Å². The van der Waals surface area contributed by atoms with E-state index < -0.39 is 0 Å². The Balaban J connectivity index is 1.61. The lowest BCUT2D eigenvalue weighted by molar-refractivity contribution is 0.557. The van der Waals surface area contributed by atoms with E-state index in [-0.39, 0.29) is 6.04 Å². The molecule has 0 radical (unpaired) electrons. The molecular weight excluding hydrogens is 370 g/mol. The van der Waals surface area contributed by atoms with Crippen molar-refractivity contribution in [1.82, 2.24) is 20.2 Å². The Morgan fingerprint density at radius 2 is 1.67 bits per heavy atom. The quantitative estimate of drug-likeness (QED) is 0.497. The molecule has 1 atom stereocenters. The molecule has 1 aliphatic rings. The van der Waals surface area contributed by atoms with E-state index in [1.807, 2.05) is 10.7 Å². The highest BCUT2D eigenvalue weighted by Crippen LogP contribution is 2.37. The molecule has 1 aromatic heterocycles. The van der Waals surface area contributed by atoms with Crippen LogP contribution in [0.15, 0.2) is 78.9 Å². The summed E-state index contributed by atoms with van der Waals surface area (Å²) in [6.45, 7) is 3.75. The predicted octanol–water partition coefficient (Wildman–Crippen LogP) is 4.57. The van der Waals surface area contributed by atoms with Crippen molar-refractivity contribution in [3.8, 4) is 0 Å². The number of hydrogen-bond acceptors (Lipinski definition) is 4. The number of tetrazole rings is 1. The van der Waals surface area contributed by atoms with E-state index in [1.54, 1.807) is 0 Å². The summed E-state index contributed by atoms with van der Waals surface area (Å²) in [7, 11) is 0. The van der Waals surface area contributed by atoms with E-state index in [0.29, 0.717) is 6.54 Å². The zero-order chi connectivity index (χ0) is 20.3. The molecule has 0 aliphatic carbocycles. The molecular formula is C25H25N5. The number of nitrogens with zero attached hydrogens (tertiary/aromatic N) is 5. The fourth-order valence-corrected chi connectivity index (χ4v) is 4.32. The molecule has 30 heavy (non-hydrogen) atoms. The minimum absolute atomic E-state index is 0.0363. The first-order valence-electron chi connectivity index (χ1n) is 10.5. The van der Waals surface area contributed by atoms with Crippen LogP contribution in [0.2, 0.25) is 0 Å². The van der Waals surface area contributed by atoms with Gasteiger partial charge >= 0.3 is 0 Å². The molecule has 0 fully saturated rings. The number of anilines is 1. The van der Waals surface area contributed by atoms with Crippen molar-refractivity contribution in [2.24, 2.45) is 0 Å². The Morgan fingerprint density at radius 3 is 2.50 bits per heavy atom. The fraction of sp³-hybridized carbons (Fsp3) is 0.240. The molecule has 0 saturated carbocycles. The van der Waals surface area contributed by atoms with Crippen molar-refractivity contribution in [2.45, 2.75) is 32.4 Å². The van der Waals surface area contributed by atoms with Crippen LogP contribution in [0.25, 0.3) is 0 Å². The smallest absolute Gasteiger partial charge is 0.178 e. The average Bonchev–Trinajstić information content (AvgIpc) is 3.24. The number of benzene rings is 3. The highest BCUT2D eigenvalue weighted by atomic mass is 15.5. The number of fused-ring (bicyclic) bond motifs is 1. The monoisotopic (exact) mass is 395 g/mol. The molecule has 0 unspecified atom stereocenters. The summed E-state index contributed by atoms with van der Waals surface area (Å²) < 4.78 is 1.94. The third-order valence-corrected chi connectivity index (χ3v) is 5.83. The van der Waals surface area contributed by atoms with Gasteiger partial charge in [-0.3, -0.25) is 0 Å². The second-order valence-corrected chi connectivity index (χ2v) is 7.92. The summed E-state index contributed by atoms with van der Waals surface area (Å²) in [5.41, 5.74) is 6.32. The van der Waals surface area contributed by atoms with Crippen molar-refractivity contribution in [3.63, 3.8) is 0 Å². The molecule has 0 saturated heterocycles. The van der Waals surface area contributed by atoms with Gasteiger partial charge in [-0.05, 0) is 52.9 Å². The van der Waals surface area contributed by atoms with Gasteiger partial charge in [0.05, 0.1) is 6.54 Å². The summed E-state index contributed by atoms with van der Waals surface area (Å²) in [5, 5.41) is 12.9. The number of hydrogen-bond donors (Lipinski definition) is 0. The van der Waals surface area contributed by atoms with Gasteiger partial charge in [0.15, 0.2) is 5.82 Å². The van der Waals surface area contributed by atoms with Gasteiger partial charge in [0.2, 0.25) is 0 Å². The summed E-state index contributed by atoms with van der Waals surface area (Å²) in [6.07, 6.45) is 2.24. The Bertz CT molecular complexity index is 1120. The van der Waals surface area contributed by atoms with E-state index in [1.165, 1.54) is 27.9 Å². The maximum Gasteiger partial charge on any atom is 0.178 e. The van der Waals surface area contributed by atoms with Gasteiger partial charge < -0.3 is 4.90 Å². The normalized spacial score (nSPS) is 14.4. The Labute approximate surface area is 177 Å².